The van der Waals surface area contributed by atoms with Crippen LogP contribution in [0.5, 0.6) is 0 Å². The predicted octanol–water partition coefficient (Wildman–Crippen LogP) is 1.32. The zero-order chi connectivity index (χ0) is 16.0. The van der Waals surface area contributed by atoms with Crippen LogP contribution >= 0.6 is 11.9 Å². The first-order valence-electron chi connectivity index (χ1n) is 6.72. The standard InChI is InChI=1S/C13H22N2O5S/c1-13(2,3)20-12(18)14-21-8-10(16)15-7-5-6-9(15)11(17)19-4/h9H,5-8H2,1-4H3,(H,14,18)/t9-/m0/s1. The van der Waals surface area contributed by atoms with E-state index in [0.717, 1.165) is 18.4 Å². The zero-order valence-electron chi connectivity index (χ0n) is 12.8. The van der Waals surface area contributed by atoms with E-state index in [2.05, 4.69) is 9.46 Å². The SMILES string of the molecule is COC(=O)[C@@H]1CCCN1C(=O)CSNC(=O)OC(C)(C)C. The van der Waals surface area contributed by atoms with Crippen molar-refractivity contribution in [3.8, 4) is 0 Å². The van der Waals surface area contributed by atoms with Crippen LogP contribution < -0.4 is 4.72 Å². The number of hydrogen-bond acceptors (Lipinski definition) is 6. The molecule has 1 aliphatic heterocycles. The molecular formula is C13H22N2O5S. The van der Waals surface area contributed by atoms with Crippen LogP contribution in [0.1, 0.15) is 33.6 Å². The van der Waals surface area contributed by atoms with Gasteiger partial charge < -0.3 is 14.4 Å². The van der Waals surface area contributed by atoms with E-state index in [-0.39, 0.29) is 11.7 Å². The number of carbonyl (C=O) groups excluding carboxylic acids is 3. The van der Waals surface area contributed by atoms with Crippen molar-refractivity contribution >= 4 is 29.9 Å². The summed E-state index contributed by atoms with van der Waals surface area (Å²) >= 11 is 0.950. The summed E-state index contributed by atoms with van der Waals surface area (Å²) in [5, 5.41) is 0. The monoisotopic (exact) mass is 318 g/mol. The van der Waals surface area contributed by atoms with E-state index in [1.807, 2.05) is 0 Å². The van der Waals surface area contributed by atoms with Gasteiger partial charge in [0.2, 0.25) is 5.91 Å². The summed E-state index contributed by atoms with van der Waals surface area (Å²) in [4.78, 5) is 36.5. The lowest BCUT2D eigenvalue weighted by Gasteiger charge is -2.23. The van der Waals surface area contributed by atoms with Crippen molar-refractivity contribution in [2.24, 2.45) is 0 Å². The van der Waals surface area contributed by atoms with Gasteiger partial charge in [0.05, 0.1) is 12.9 Å². The topological polar surface area (TPSA) is 84.9 Å². The normalized spacial score (nSPS) is 18.3. The van der Waals surface area contributed by atoms with Gasteiger partial charge in [-0.2, -0.15) is 0 Å². The Morgan fingerprint density at radius 2 is 2.00 bits per heavy atom. The molecule has 1 fully saturated rings. The molecule has 0 aromatic heterocycles. The van der Waals surface area contributed by atoms with Crippen LogP contribution in [0, 0.1) is 0 Å². The quantitative estimate of drug-likeness (QED) is 0.621. The zero-order valence-corrected chi connectivity index (χ0v) is 13.6. The third-order valence-corrected chi connectivity index (χ3v) is 3.50. The Balaban J connectivity index is 2.37. The van der Waals surface area contributed by atoms with Gasteiger partial charge in [-0.05, 0) is 45.6 Å². The van der Waals surface area contributed by atoms with Crippen molar-refractivity contribution in [1.29, 1.82) is 0 Å². The molecule has 0 radical (unpaired) electrons. The highest BCUT2D eigenvalue weighted by Gasteiger charge is 2.34. The molecule has 21 heavy (non-hydrogen) atoms. The smallest absolute Gasteiger partial charge is 0.417 e. The number of amides is 2. The molecule has 8 heteroatoms. The molecule has 2 amide bonds. The Bertz CT molecular complexity index is 408. The van der Waals surface area contributed by atoms with Gasteiger partial charge in [-0.1, -0.05) is 0 Å². The molecule has 1 atom stereocenters. The highest BCUT2D eigenvalue weighted by atomic mass is 32.2. The summed E-state index contributed by atoms with van der Waals surface area (Å²) in [6, 6.07) is -0.510. The van der Waals surface area contributed by atoms with Crippen molar-refractivity contribution in [3.63, 3.8) is 0 Å². The average molecular weight is 318 g/mol. The van der Waals surface area contributed by atoms with Gasteiger partial charge in [0.15, 0.2) is 0 Å². The van der Waals surface area contributed by atoms with Gasteiger partial charge in [-0.25, -0.2) is 9.59 Å². The van der Waals surface area contributed by atoms with Crippen LogP contribution in [-0.4, -0.2) is 53.9 Å². The lowest BCUT2D eigenvalue weighted by Crippen LogP contribution is -2.42. The summed E-state index contributed by atoms with van der Waals surface area (Å²) in [6.07, 6.45) is 0.796. The highest BCUT2D eigenvalue weighted by Crippen LogP contribution is 2.19. The van der Waals surface area contributed by atoms with Crippen LogP contribution in [0.3, 0.4) is 0 Å². The van der Waals surface area contributed by atoms with Crippen LogP contribution in [0.4, 0.5) is 4.79 Å². The number of carbonyl (C=O) groups is 3. The van der Waals surface area contributed by atoms with E-state index in [0.29, 0.717) is 13.0 Å². The molecule has 0 unspecified atom stereocenters. The fraction of sp³-hybridized carbons (Fsp3) is 0.769. The van der Waals surface area contributed by atoms with E-state index in [4.69, 9.17) is 4.74 Å². The summed E-state index contributed by atoms with van der Waals surface area (Å²) in [7, 11) is 1.31. The van der Waals surface area contributed by atoms with Crippen LogP contribution in [0.25, 0.3) is 0 Å². The van der Waals surface area contributed by atoms with Crippen LogP contribution in [-0.2, 0) is 19.1 Å². The van der Waals surface area contributed by atoms with E-state index < -0.39 is 23.7 Å². The minimum atomic E-state index is -0.591. The Labute approximate surface area is 128 Å². The molecule has 1 aliphatic rings. The largest absolute Gasteiger partial charge is 0.467 e. The Morgan fingerprint density at radius 3 is 2.57 bits per heavy atom. The predicted molar refractivity (Wildman–Crippen MR) is 78.6 cm³/mol. The first-order chi connectivity index (χ1) is 9.74. The summed E-state index contributed by atoms with van der Waals surface area (Å²) in [6.45, 7) is 5.81. The van der Waals surface area contributed by atoms with Gasteiger partial charge in [0.1, 0.15) is 11.6 Å². The second-order valence-corrected chi connectivity index (χ2v) is 6.44. The number of methoxy groups -OCH3 is 1. The van der Waals surface area contributed by atoms with E-state index >= 15 is 0 Å². The van der Waals surface area contributed by atoms with Crippen molar-refractivity contribution in [1.82, 2.24) is 9.62 Å². The molecule has 120 valence electrons. The number of esters is 1. The molecule has 0 aliphatic carbocycles. The number of ether oxygens (including phenoxy) is 2. The minimum absolute atomic E-state index is 0.0484. The van der Waals surface area contributed by atoms with Crippen molar-refractivity contribution in [2.75, 3.05) is 19.4 Å². The summed E-state index contributed by atoms with van der Waals surface area (Å²) < 4.78 is 12.2. The lowest BCUT2D eigenvalue weighted by atomic mass is 10.2. The van der Waals surface area contributed by atoms with Crippen molar-refractivity contribution in [2.45, 2.75) is 45.3 Å². The molecular weight excluding hydrogens is 296 g/mol. The molecule has 0 bridgehead atoms. The van der Waals surface area contributed by atoms with Crippen molar-refractivity contribution < 1.29 is 23.9 Å². The van der Waals surface area contributed by atoms with Gasteiger partial charge in [-0.15, -0.1) is 0 Å². The first-order valence-corrected chi connectivity index (χ1v) is 7.71. The second-order valence-electron chi connectivity index (χ2n) is 5.66. The lowest BCUT2D eigenvalue weighted by molar-refractivity contribution is -0.150. The maximum atomic E-state index is 12.0. The Morgan fingerprint density at radius 1 is 1.33 bits per heavy atom. The van der Waals surface area contributed by atoms with E-state index in [1.165, 1.54) is 12.0 Å². The fourth-order valence-electron chi connectivity index (χ4n) is 1.98. The fourth-order valence-corrected chi connectivity index (χ4v) is 2.51. The highest BCUT2D eigenvalue weighted by molar-refractivity contribution is 7.98. The number of nitrogens with one attached hydrogen (secondary N) is 1. The average Bonchev–Trinajstić information content (AvgIpc) is 2.84. The van der Waals surface area contributed by atoms with Gasteiger partial charge >= 0.3 is 12.1 Å². The first kappa shape index (κ1) is 17.6. The number of rotatable bonds is 4. The Kier molecular flexibility index (Phi) is 6.32. The molecule has 1 rings (SSSR count). The van der Waals surface area contributed by atoms with Gasteiger partial charge in [0.25, 0.3) is 0 Å². The minimum Gasteiger partial charge on any atom is -0.467 e. The molecule has 1 heterocycles. The van der Waals surface area contributed by atoms with Crippen LogP contribution in [0.15, 0.2) is 0 Å². The second kappa shape index (κ2) is 7.53. The molecule has 0 aromatic carbocycles. The molecule has 0 saturated carbocycles. The molecule has 7 nitrogen and oxygen atoms in total. The molecule has 1 saturated heterocycles. The van der Waals surface area contributed by atoms with Gasteiger partial charge in [0, 0.05) is 6.54 Å². The maximum absolute atomic E-state index is 12.0. The number of nitrogens with zero attached hydrogens (tertiary/aromatic N) is 1. The van der Waals surface area contributed by atoms with Crippen molar-refractivity contribution in [3.05, 3.63) is 0 Å². The molecule has 1 N–H and O–H groups in total. The van der Waals surface area contributed by atoms with Gasteiger partial charge in [-0.3, -0.25) is 9.52 Å². The Hall–Kier alpha value is -1.44. The summed E-state index contributed by atoms with van der Waals surface area (Å²) in [5.74, 6) is -0.554. The van der Waals surface area contributed by atoms with E-state index in [1.54, 1.807) is 20.8 Å². The number of likely N-dealkylation sites (tertiary alicyclic amines) is 1. The molecule has 0 spiro atoms. The summed E-state index contributed by atoms with van der Waals surface area (Å²) in [5.41, 5.74) is -0.584. The third-order valence-electron chi connectivity index (χ3n) is 2.80. The molecule has 0 aromatic rings. The van der Waals surface area contributed by atoms with Crippen LogP contribution in [0.2, 0.25) is 0 Å². The third kappa shape index (κ3) is 5.82. The maximum Gasteiger partial charge on any atom is 0.417 e. The van der Waals surface area contributed by atoms with E-state index in [9.17, 15) is 14.4 Å². The number of hydrogen-bond donors (Lipinski definition) is 1.